The largest absolute Gasteiger partial charge is 0.382 e. The number of nitrogens with two attached hydrogens (primary N) is 1. The number of nitrogens with zero attached hydrogens (tertiary/aromatic N) is 4. The third-order valence-corrected chi connectivity index (χ3v) is 7.01. The molecule has 2 atom stereocenters. The monoisotopic (exact) mass is 469 g/mol. The van der Waals surface area contributed by atoms with E-state index in [0.717, 1.165) is 16.9 Å². The minimum Gasteiger partial charge on any atom is -0.382 e. The summed E-state index contributed by atoms with van der Waals surface area (Å²) in [5, 5.41) is 0. The molecule has 12 heteroatoms. The van der Waals surface area contributed by atoms with Gasteiger partial charge >= 0.3 is 7.60 Å². The predicted octanol–water partition coefficient (Wildman–Crippen LogP) is 3.68. The van der Waals surface area contributed by atoms with Crippen molar-refractivity contribution in [3.8, 4) is 0 Å². The third kappa shape index (κ3) is 6.19. The summed E-state index contributed by atoms with van der Waals surface area (Å²) in [5.41, 5.74) is 8.86. The van der Waals surface area contributed by atoms with E-state index in [-0.39, 0.29) is 12.7 Å². The van der Waals surface area contributed by atoms with Crippen LogP contribution in [0, 0.1) is 0 Å². The molecule has 0 bridgehead atoms. The van der Waals surface area contributed by atoms with Gasteiger partial charge in [0.2, 0.25) is 0 Å². The van der Waals surface area contributed by atoms with Crippen LogP contribution in [-0.2, 0) is 32.7 Å². The summed E-state index contributed by atoms with van der Waals surface area (Å²) in [6.45, 7) is 2.24. The van der Waals surface area contributed by atoms with E-state index in [0.29, 0.717) is 23.5 Å². The van der Waals surface area contributed by atoms with Crippen molar-refractivity contribution in [2.45, 2.75) is 31.9 Å². The Kier molecular flexibility index (Phi) is 8.15. The Balaban J connectivity index is 1.53. The Morgan fingerprint density at radius 1 is 1.27 bits per heavy atom. The second-order valence-corrected chi connectivity index (χ2v) is 10.9. The normalized spacial score (nSPS) is 14.6. The number of hydrogen-bond donors (Lipinski definition) is 2. The maximum atomic E-state index is 12.4. The van der Waals surface area contributed by atoms with Crippen molar-refractivity contribution in [1.82, 2.24) is 19.5 Å². The standard InChI is InChI=1S/C18H24N5O4PS2/c1-13(7-23-11-22-16-17(19)20-10-21-18(16)23)26-12-28(24,25)27-8-14-5-3-4-6-15(14)9-30-29-2/h3-6,10-11,13H,7-9,12H2,1-2H3,(H,24,25)(H2,19,20,21)/t13-/m1/s1. The maximum absolute atomic E-state index is 12.4. The zero-order valence-electron chi connectivity index (χ0n) is 16.7. The fraction of sp³-hybridized carbons (Fsp3) is 0.389. The van der Waals surface area contributed by atoms with Gasteiger partial charge in [-0.25, -0.2) is 15.0 Å². The zero-order chi connectivity index (χ0) is 21.6. The predicted molar refractivity (Wildman–Crippen MR) is 121 cm³/mol. The van der Waals surface area contributed by atoms with Gasteiger partial charge in [0, 0.05) is 5.75 Å². The average molecular weight is 470 g/mol. The Morgan fingerprint density at radius 2 is 2.03 bits per heavy atom. The van der Waals surface area contributed by atoms with Crippen LogP contribution in [-0.4, -0.2) is 43.1 Å². The molecule has 162 valence electrons. The minimum atomic E-state index is -3.91. The molecule has 0 saturated heterocycles. The zero-order valence-corrected chi connectivity index (χ0v) is 19.2. The Hall–Kier alpha value is -1.62. The van der Waals surface area contributed by atoms with E-state index >= 15 is 0 Å². The molecule has 3 rings (SSSR count). The molecule has 3 aromatic rings. The van der Waals surface area contributed by atoms with E-state index < -0.39 is 13.9 Å². The summed E-state index contributed by atoms with van der Waals surface area (Å²) >= 11 is 0. The van der Waals surface area contributed by atoms with Crippen molar-refractivity contribution in [1.29, 1.82) is 0 Å². The second-order valence-electron chi connectivity index (χ2n) is 6.54. The van der Waals surface area contributed by atoms with Gasteiger partial charge in [-0.05, 0) is 24.3 Å². The first-order valence-corrected chi connectivity index (χ1v) is 13.6. The summed E-state index contributed by atoms with van der Waals surface area (Å²) in [5.74, 6) is 1.11. The van der Waals surface area contributed by atoms with Crippen LogP contribution in [0.1, 0.15) is 18.1 Å². The van der Waals surface area contributed by atoms with E-state index in [1.165, 1.54) is 6.33 Å². The van der Waals surface area contributed by atoms with Crippen molar-refractivity contribution in [2.24, 2.45) is 0 Å². The highest BCUT2D eigenvalue weighted by atomic mass is 33.1. The SMILES string of the molecule is CSSCc1ccccc1COP(=O)(O)CO[C@H](C)Cn1cnc2c(N)ncnc21. The first-order chi connectivity index (χ1) is 14.4. The second kappa shape index (κ2) is 10.6. The maximum Gasteiger partial charge on any atom is 0.353 e. The molecular weight excluding hydrogens is 445 g/mol. The fourth-order valence-electron chi connectivity index (χ4n) is 2.75. The van der Waals surface area contributed by atoms with Crippen molar-refractivity contribution in [3.63, 3.8) is 0 Å². The van der Waals surface area contributed by atoms with Gasteiger partial charge in [-0.1, -0.05) is 45.9 Å². The van der Waals surface area contributed by atoms with Crippen LogP contribution in [0.4, 0.5) is 5.82 Å². The first kappa shape index (κ1) is 23.1. The molecule has 3 N–H and O–H groups in total. The van der Waals surface area contributed by atoms with E-state index in [2.05, 4.69) is 15.0 Å². The molecule has 2 aromatic heterocycles. The molecule has 0 aliphatic carbocycles. The molecule has 0 amide bonds. The van der Waals surface area contributed by atoms with Crippen LogP contribution in [0.25, 0.3) is 11.2 Å². The van der Waals surface area contributed by atoms with Crippen LogP contribution < -0.4 is 5.73 Å². The Labute approximate surface area is 182 Å². The van der Waals surface area contributed by atoms with Crippen molar-refractivity contribution in [2.75, 3.05) is 18.3 Å². The van der Waals surface area contributed by atoms with Gasteiger partial charge in [-0.3, -0.25) is 4.57 Å². The number of ether oxygens (including phenoxy) is 1. The molecule has 0 fully saturated rings. The lowest BCUT2D eigenvalue weighted by molar-refractivity contribution is 0.0708. The lowest BCUT2D eigenvalue weighted by Crippen LogP contribution is -2.17. The van der Waals surface area contributed by atoms with Crippen LogP contribution in [0.15, 0.2) is 36.9 Å². The topological polar surface area (TPSA) is 125 Å². The molecule has 9 nitrogen and oxygen atoms in total. The molecule has 1 unspecified atom stereocenters. The van der Waals surface area contributed by atoms with E-state index in [9.17, 15) is 9.46 Å². The third-order valence-electron chi connectivity index (χ3n) is 4.28. The molecule has 1 aromatic carbocycles. The smallest absolute Gasteiger partial charge is 0.353 e. The number of nitrogen functional groups attached to an aromatic ring is 1. The molecule has 0 aliphatic heterocycles. The van der Waals surface area contributed by atoms with E-state index in [1.54, 1.807) is 39.4 Å². The number of hydrogen-bond acceptors (Lipinski definition) is 9. The summed E-state index contributed by atoms with van der Waals surface area (Å²) < 4.78 is 25.1. The number of anilines is 1. The summed E-state index contributed by atoms with van der Waals surface area (Å²) in [7, 11) is -0.528. The number of rotatable bonds is 11. The highest BCUT2D eigenvalue weighted by Gasteiger charge is 2.22. The number of fused-ring (bicyclic) bond motifs is 1. The highest BCUT2D eigenvalue weighted by Crippen LogP contribution is 2.43. The van der Waals surface area contributed by atoms with Gasteiger partial charge in [-0.2, -0.15) is 0 Å². The summed E-state index contributed by atoms with van der Waals surface area (Å²) in [6.07, 6.45) is 4.20. The van der Waals surface area contributed by atoms with E-state index in [4.69, 9.17) is 15.0 Å². The lowest BCUT2D eigenvalue weighted by Gasteiger charge is -2.18. The average Bonchev–Trinajstić information content (AvgIpc) is 3.14. The number of benzene rings is 1. The minimum absolute atomic E-state index is 0.0546. The highest BCUT2D eigenvalue weighted by molar-refractivity contribution is 8.76. The molecule has 2 heterocycles. The van der Waals surface area contributed by atoms with Crippen molar-refractivity contribution < 1.29 is 18.7 Å². The lowest BCUT2D eigenvalue weighted by atomic mass is 10.1. The van der Waals surface area contributed by atoms with Crippen molar-refractivity contribution in [3.05, 3.63) is 48.0 Å². The van der Waals surface area contributed by atoms with Crippen molar-refractivity contribution >= 4 is 46.2 Å². The Morgan fingerprint density at radius 3 is 2.80 bits per heavy atom. The van der Waals surface area contributed by atoms with Gasteiger partial charge in [0.25, 0.3) is 0 Å². The Bertz CT molecular complexity index is 1030. The molecule has 0 aliphatic rings. The van der Waals surface area contributed by atoms with Crippen LogP contribution in [0.2, 0.25) is 0 Å². The number of imidazole rings is 1. The van der Waals surface area contributed by atoms with Crippen LogP contribution >= 0.6 is 29.2 Å². The number of aromatic nitrogens is 4. The van der Waals surface area contributed by atoms with Gasteiger partial charge in [0.05, 0.1) is 25.6 Å². The van der Waals surface area contributed by atoms with Crippen LogP contribution in [0.5, 0.6) is 0 Å². The molecular formula is C18H24N5O4PS2. The summed E-state index contributed by atoms with van der Waals surface area (Å²) in [4.78, 5) is 22.5. The molecule has 0 saturated carbocycles. The van der Waals surface area contributed by atoms with Crippen LogP contribution in [0.3, 0.4) is 0 Å². The van der Waals surface area contributed by atoms with Gasteiger partial charge in [-0.15, -0.1) is 0 Å². The fourth-order valence-corrected chi connectivity index (χ4v) is 4.87. The molecule has 30 heavy (non-hydrogen) atoms. The quantitative estimate of drug-likeness (QED) is 0.317. The summed E-state index contributed by atoms with van der Waals surface area (Å²) in [6, 6.07) is 7.73. The van der Waals surface area contributed by atoms with Gasteiger partial charge in [0.1, 0.15) is 18.2 Å². The first-order valence-electron chi connectivity index (χ1n) is 9.11. The molecule has 0 radical (unpaired) electrons. The van der Waals surface area contributed by atoms with E-state index in [1.807, 2.05) is 30.5 Å². The van der Waals surface area contributed by atoms with Gasteiger partial charge < -0.3 is 24.5 Å². The van der Waals surface area contributed by atoms with Gasteiger partial charge in [0.15, 0.2) is 11.5 Å². The molecule has 0 spiro atoms.